The first-order valence-electron chi connectivity index (χ1n) is 6.77. The third-order valence-corrected chi connectivity index (χ3v) is 4.47. The average molecular weight is 321 g/mol. The summed E-state index contributed by atoms with van der Waals surface area (Å²) in [5.74, 6) is 0.938. The SMILES string of the molecule is CCC(NC(=O)Nc1cccc(CSC)c1)c1nccs1. The number of anilines is 1. The highest BCUT2D eigenvalue weighted by atomic mass is 32.2. The van der Waals surface area contributed by atoms with Crippen molar-refractivity contribution in [2.24, 2.45) is 0 Å². The number of nitrogens with one attached hydrogen (secondary N) is 2. The zero-order chi connectivity index (χ0) is 15.1. The highest BCUT2D eigenvalue weighted by Gasteiger charge is 2.14. The molecule has 112 valence electrons. The van der Waals surface area contributed by atoms with Crippen LogP contribution in [0.5, 0.6) is 0 Å². The van der Waals surface area contributed by atoms with E-state index in [0.717, 1.165) is 22.9 Å². The molecule has 1 atom stereocenters. The van der Waals surface area contributed by atoms with Crippen molar-refractivity contribution in [2.75, 3.05) is 11.6 Å². The van der Waals surface area contributed by atoms with Gasteiger partial charge in [-0.05, 0) is 30.4 Å². The molecular weight excluding hydrogens is 302 g/mol. The Bertz CT molecular complexity index is 572. The Morgan fingerprint density at radius 2 is 2.33 bits per heavy atom. The Labute approximate surface area is 133 Å². The van der Waals surface area contributed by atoms with Crippen LogP contribution in [0.2, 0.25) is 0 Å². The highest BCUT2D eigenvalue weighted by Crippen LogP contribution is 2.19. The molecule has 0 aliphatic heterocycles. The van der Waals surface area contributed by atoms with Crippen LogP contribution in [-0.4, -0.2) is 17.3 Å². The number of carbonyl (C=O) groups excluding carboxylic acids is 1. The lowest BCUT2D eigenvalue weighted by Crippen LogP contribution is -2.32. The van der Waals surface area contributed by atoms with Gasteiger partial charge in [0.05, 0.1) is 6.04 Å². The number of hydrogen-bond donors (Lipinski definition) is 2. The number of rotatable bonds is 6. The van der Waals surface area contributed by atoms with Gasteiger partial charge in [-0.1, -0.05) is 19.1 Å². The molecule has 1 heterocycles. The minimum absolute atomic E-state index is 0.0422. The van der Waals surface area contributed by atoms with Gasteiger partial charge in [0.2, 0.25) is 0 Å². The molecule has 1 aromatic carbocycles. The van der Waals surface area contributed by atoms with Gasteiger partial charge in [-0.15, -0.1) is 11.3 Å². The third kappa shape index (κ3) is 4.75. The van der Waals surface area contributed by atoms with E-state index in [4.69, 9.17) is 0 Å². The number of nitrogens with zero attached hydrogens (tertiary/aromatic N) is 1. The van der Waals surface area contributed by atoms with Crippen LogP contribution in [0, 0.1) is 0 Å². The summed E-state index contributed by atoms with van der Waals surface area (Å²) in [6, 6.07) is 7.68. The lowest BCUT2D eigenvalue weighted by atomic mass is 10.2. The molecule has 0 aliphatic rings. The van der Waals surface area contributed by atoms with E-state index in [0.29, 0.717) is 0 Å². The summed E-state index contributed by atoms with van der Waals surface area (Å²) in [6.07, 6.45) is 4.63. The summed E-state index contributed by atoms with van der Waals surface area (Å²) >= 11 is 3.32. The number of thioether (sulfide) groups is 1. The summed E-state index contributed by atoms with van der Waals surface area (Å²) in [5.41, 5.74) is 2.01. The van der Waals surface area contributed by atoms with E-state index in [-0.39, 0.29) is 12.1 Å². The summed E-state index contributed by atoms with van der Waals surface area (Å²) in [6.45, 7) is 2.03. The summed E-state index contributed by atoms with van der Waals surface area (Å²) in [7, 11) is 0. The van der Waals surface area contributed by atoms with Crippen molar-refractivity contribution in [3.05, 3.63) is 46.4 Å². The molecule has 2 amide bonds. The summed E-state index contributed by atoms with van der Waals surface area (Å²) in [4.78, 5) is 16.4. The molecular formula is C15H19N3OS2. The Hall–Kier alpha value is -1.53. The van der Waals surface area contributed by atoms with Gasteiger partial charge in [0.1, 0.15) is 5.01 Å². The minimum Gasteiger partial charge on any atom is -0.329 e. The maximum Gasteiger partial charge on any atom is 0.319 e. The third-order valence-electron chi connectivity index (χ3n) is 2.96. The van der Waals surface area contributed by atoms with E-state index >= 15 is 0 Å². The largest absolute Gasteiger partial charge is 0.329 e. The van der Waals surface area contributed by atoms with E-state index in [1.165, 1.54) is 5.56 Å². The number of urea groups is 1. The Kier molecular flexibility index (Phi) is 6.07. The van der Waals surface area contributed by atoms with Crippen molar-refractivity contribution >= 4 is 34.8 Å². The minimum atomic E-state index is -0.196. The lowest BCUT2D eigenvalue weighted by molar-refractivity contribution is 0.248. The maximum absolute atomic E-state index is 12.1. The monoisotopic (exact) mass is 321 g/mol. The van der Waals surface area contributed by atoms with Crippen LogP contribution in [0.15, 0.2) is 35.8 Å². The number of amides is 2. The first-order valence-corrected chi connectivity index (χ1v) is 9.05. The molecule has 2 rings (SSSR count). The van der Waals surface area contributed by atoms with Crippen LogP contribution >= 0.6 is 23.1 Å². The number of hydrogen-bond acceptors (Lipinski definition) is 4. The first-order chi connectivity index (χ1) is 10.2. The van der Waals surface area contributed by atoms with Crippen LogP contribution in [0.3, 0.4) is 0 Å². The van der Waals surface area contributed by atoms with Gasteiger partial charge in [0.15, 0.2) is 0 Å². The molecule has 0 saturated heterocycles. The van der Waals surface area contributed by atoms with Crippen LogP contribution < -0.4 is 10.6 Å². The molecule has 0 bridgehead atoms. The summed E-state index contributed by atoms with van der Waals surface area (Å²) in [5, 5.41) is 8.70. The van der Waals surface area contributed by atoms with E-state index in [9.17, 15) is 4.79 Å². The smallest absolute Gasteiger partial charge is 0.319 e. The van der Waals surface area contributed by atoms with Crippen molar-refractivity contribution in [2.45, 2.75) is 25.1 Å². The molecule has 1 unspecified atom stereocenters. The molecule has 0 spiro atoms. The van der Waals surface area contributed by atoms with Gasteiger partial charge in [-0.25, -0.2) is 9.78 Å². The van der Waals surface area contributed by atoms with Crippen molar-refractivity contribution in [1.29, 1.82) is 0 Å². The van der Waals surface area contributed by atoms with Crippen molar-refractivity contribution in [3.8, 4) is 0 Å². The Morgan fingerprint density at radius 1 is 1.48 bits per heavy atom. The van der Waals surface area contributed by atoms with E-state index < -0.39 is 0 Å². The van der Waals surface area contributed by atoms with E-state index in [1.54, 1.807) is 29.3 Å². The molecule has 0 saturated carbocycles. The highest BCUT2D eigenvalue weighted by molar-refractivity contribution is 7.97. The average Bonchev–Trinajstić information content (AvgIpc) is 2.99. The topological polar surface area (TPSA) is 54.0 Å². The van der Waals surface area contributed by atoms with Gasteiger partial charge in [0, 0.05) is 23.0 Å². The van der Waals surface area contributed by atoms with Crippen LogP contribution in [0.25, 0.3) is 0 Å². The van der Waals surface area contributed by atoms with Crippen molar-refractivity contribution < 1.29 is 4.79 Å². The molecule has 4 nitrogen and oxygen atoms in total. The van der Waals surface area contributed by atoms with Crippen LogP contribution in [-0.2, 0) is 5.75 Å². The molecule has 1 aromatic heterocycles. The van der Waals surface area contributed by atoms with Gasteiger partial charge in [-0.3, -0.25) is 0 Å². The van der Waals surface area contributed by atoms with Gasteiger partial charge in [0.25, 0.3) is 0 Å². The van der Waals surface area contributed by atoms with Crippen molar-refractivity contribution in [3.63, 3.8) is 0 Å². The molecule has 0 radical (unpaired) electrons. The zero-order valence-corrected chi connectivity index (χ0v) is 13.8. The fourth-order valence-corrected chi connectivity index (χ4v) is 3.26. The number of thiazole rings is 1. The van der Waals surface area contributed by atoms with Crippen molar-refractivity contribution in [1.82, 2.24) is 10.3 Å². The molecule has 6 heteroatoms. The maximum atomic E-state index is 12.1. The standard InChI is InChI=1S/C15H19N3OS2/c1-3-13(14-16-7-8-21-14)18-15(19)17-12-6-4-5-11(9-12)10-20-2/h4-9,13H,3,10H2,1-2H3,(H2,17,18,19). The lowest BCUT2D eigenvalue weighted by Gasteiger charge is -2.15. The molecule has 0 aliphatic carbocycles. The molecule has 2 aromatic rings. The second-order valence-corrected chi connectivity index (χ2v) is 6.36. The molecule has 21 heavy (non-hydrogen) atoms. The quantitative estimate of drug-likeness (QED) is 0.835. The second-order valence-electron chi connectivity index (χ2n) is 4.56. The predicted octanol–water partition coefficient (Wildman–Crippen LogP) is 4.28. The van der Waals surface area contributed by atoms with Gasteiger partial charge >= 0.3 is 6.03 Å². The van der Waals surface area contributed by atoms with E-state index in [2.05, 4.69) is 27.9 Å². The predicted molar refractivity (Wildman–Crippen MR) is 91.0 cm³/mol. The molecule has 2 N–H and O–H groups in total. The van der Waals surface area contributed by atoms with Gasteiger partial charge in [-0.2, -0.15) is 11.8 Å². The number of carbonyl (C=O) groups is 1. The summed E-state index contributed by atoms with van der Waals surface area (Å²) < 4.78 is 0. The Balaban J connectivity index is 1.96. The second kappa shape index (κ2) is 8.05. The Morgan fingerprint density at radius 3 is 3.00 bits per heavy atom. The fraction of sp³-hybridized carbons (Fsp3) is 0.333. The zero-order valence-electron chi connectivity index (χ0n) is 12.1. The van der Waals surface area contributed by atoms with Crippen LogP contribution in [0.1, 0.15) is 30.0 Å². The number of aromatic nitrogens is 1. The normalized spacial score (nSPS) is 11.9. The first kappa shape index (κ1) is 15.9. The van der Waals surface area contributed by atoms with Crippen LogP contribution in [0.4, 0.5) is 10.5 Å². The fourth-order valence-electron chi connectivity index (χ4n) is 1.98. The van der Waals surface area contributed by atoms with Gasteiger partial charge < -0.3 is 10.6 Å². The number of benzene rings is 1. The van der Waals surface area contributed by atoms with E-state index in [1.807, 2.05) is 30.5 Å². The molecule has 0 fully saturated rings.